The lowest BCUT2D eigenvalue weighted by Crippen LogP contribution is -1.91. The fourth-order valence-corrected chi connectivity index (χ4v) is 2.30. The van der Waals surface area contributed by atoms with Gasteiger partial charge in [0.2, 0.25) is 0 Å². The Morgan fingerprint density at radius 1 is 1.05 bits per heavy atom. The minimum absolute atomic E-state index is 0.422. The average Bonchev–Trinajstić information content (AvgIpc) is 2.91. The Balaban J connectivity index is 1.73. The zero-order valence-electron chi connectivity index (χ0n) is 11.1. The molecule has 0 aliphatic carbocycles. The van der Waals surface area contributed by atoms with Gasteiger partial charge < -0.3 is 15.5 Å². The van der Waals surface area contributed by atoms with Crippen LogP contribution in [0.1, 0.15) is 0 Å². The van der Waals surface area contributed by atoms with E-state index in [4.69, 9.17) is 10.2 Å². The Hall–Kier alpha value is -3.08. The lowest BCUT2D eigenvalue weighted by Gasteiger charge is -2.03. The number of nitrogen functional groups attached to an aromatic ring is 1. The molecule has 0 aliphatic heterocycles. The van der Waals surface area contributed by atoms with E-state index in [0.29, 0.717) is 22.8 Å². The molecule has 4 aromatic rings. The molecule has 0 bridgehead atoms. The lowest BCUT2D eigenvalue weighted by molar-refractivity contribution is 0.623. The van der Waals surface area contributed by atoms with Crippen molar-refractivity contribution in [1.82, 2.24) is 9.97 Å². The minimum Gasteiger partial charge on any atom is -0.423 e. The summed E-state index contributed by atoms with van der Waals surface area (Å²) < 4.78 is 5.65. The number of nitrogens with one attached hydrogen (secondary N) is 1. The maximum absolute atomic E-state index is 5.88. The minimum atomic E-state index is 0.422. The van der Waals surface area contributed by atoms with Crippen LogP contribution in [-0.2, 0) is 0 Å². The molecule has 0 radical (unpaired) electrons. The summed E-state index contributed by atoms with van der Waals surface area (Å²) in [5.41, 5.74) is 9.66. The number of hydrogen-bond donors (Lipinski definition) is 2. The van der Waals surface area contributed by atoms with Crippen molar-refractivity contribution in [2.75, 3.05) is 11.1 Å². The normalized spacial score (nSPS) is 11.0. The first-order chi connectivity index (χ1) is 10.3. The van der Waals surface area contributed by atoms with E-state index in [1.807, 2.05) is 42.5 Å². The van der Waals surface area contributed by atoms with Crippen molar-refractivity contribution in [3.63, 3.8) is 0 Å². The highest BCUT2D eigenvalue weighted by Crippen LogP contribution is 2.26. The summed E-state index contributed by atoms with van der Waals surface area (Å²) in [7, 11) is 0. The summed E-state index contributed by atoms with van der Waals surface area (Å²) in [5.74, 6) is 0. The van der Waals surface area contributed by atoms with E-state index in [1.54, 1.807) is 12.3 Å². The third-order valence-electron chi connectivity index (χ3n) is 3.30. The Morgan fingerprint density at radius 3 is 2.90 bits per heavy atom. The number of hydrogen-bond acceptors (Lipinski definition) is 5. The highest BCUT2D eigenvalue weighted by atomic mass is 16.4. The largest absolute Gasteiger partial charge is 0.423 e. The molecule has 2 heterocycles. The van der Waals surface area contributed by atoms with Gasteiger partial charge in [0.15, 0.2) is 5.58 Å². The number of benzene rings is 2. The number of pyridine rings is 1. The van der Waals surface area contributed by atoms with Gasteiger partial charge in [-0.2, -0.15) is 4.98 Å². The van der Waals surface area contributed by atoms with Crippen LogP contribution in [0, 0.1) is 0 Å². The molecule has 4 rings (SSSR count). The van der Waals surface area contributed by atoms with Crippen LogP contribution < -0.4 is 11.1 Å². The molecule has 102 valence electrons. The first kappa shape index (κ1) is 11.7. The second kappa shape index (κ2) is 4.49. The smallest absolute Gasteiger partial charge is 0.300 e. The van der Waals surface area contributed by atoms with Gasteiger partial charge in [-0.15, -0.1) is 0 Å². The zero-order valence-corrected chi connectivity index (χ0v) is 11.1. The fraction of sp³-hybridized carbons (Fsp3) is 0. The van der Waals surface area contributed by atoms with Crippen LogP contribution in [0.2, 0.25) is 0 Å². The summed E-state index contributed by atoms with van der Waals surface area (Å²) in [6.45, 7) is 0. The number of aromatic nitrogens is 2. The van der Waals surface area contributed by atoms with Crippen molar-refractivity contribution in [2.24, 2.45) is 0 Å². The molecule has 2 aromatic carbocycles. The highest BCUT2D eigenvalue weighted by molar-refractivity contribution is 5.87. The van der Waals surface area contributed by atoms with Gasteiger partial charge in [0, 0.05) is 17.3 Å². The van der Waals surface area contributed by atoms with E-state index in [0.717, 1.165) is 16.6 Å². The molecule has 5 heteroatoms. The highest BCUT2D eigenvalue weighted by Gasteiger charge is 2.08. The van der Waals surface area contributed by atoms with E-state index in [2.05, 4.69) is 15.3 Å². The zero-order chi connectivity index (χ0) is 14.2. The summed E-state index contributed by atoms with van der Waals surface area (Å²) in [4.78, 5) is 8.66. The van der Waals surface area contributed by atoms with Gasteiger partial charge in [0.25, 0.3) is 6.01 Å². The molecule has 2 aromatic heterocycles. The summed E-state index contributed by atoms with van der Waals surface area (Å²) in [5, 5.41) is 4.21. The van der Waals surface area contributed by atoms with Gasteiger partial charge in [-0.3, -0.25) is 4.98 Å². The topological polar surface area (TPSA) is 77.0 Å². The fourth-order valence-electron chi connectivity index (χ4n) is 2.30. The molecule has 0 atom stereocenters. The van der Waals surface area contributed by atoms with Crippen molar-refractivity contribution in [3.8, 4) is 0 Å². The van der Waals surface area contributed by atoms with Crippen LogP contribution in [0.25, 0.3) is 22.0 Å². The van der Waals surface area contributed by atoms with E-state index >= 15 is 0 Å². The second-order valence-corrected chi connectivity index (χ2v) is 4.75. The quantitative estimate of drug-likeness (QED) is 0.546. The van der Waals surface area contributed by atoms with Crippen LogP contribution in [0.5, 0.6) is 0 Å². The van der Waals surface area contributed by atoms with Crippen LogP contribution in [0.4, 0.5) is 17.4 Å². The molecule has 0 spiro atoms. The van der Waals surface area contributed by atoms with E-state index in [9.17, 15) is 0 Å². The number of para-hydroxylation sites is 1. The maximum atomic E-state index is 5.88. The van der Waals surface area contributed by atoms with Gasteiger partial charge in [-0.25, -0.2) is 0 Å². The van der Waals surface area contributed by atoms with Gasteiger partial charge >= 0.3 is 0 Å². The monoisotopic (exact) mass is 276 g/mol. The molecule has 0 saturated heterocycles. The summed E-state index contributed by atoms with van der Waals surface area (Å²) >= 11 is 0. The third-order valence-corrected chi connectivity index (χ3v) is 3.30. The van der Waals surface area contributed by atoms with Crippen molar-refractivity contribution >= 4 is 39.4 Å². The molecular formula is C16H12N4O. The number of oxazole rings is 1. The number of fused-ring (bicyclic) bond motifs is 2. The molecule has 0 aliphatic rings. The van der Waals surface area contributed by atoms with Crippen LogP contribution in [0.3, 0.4) is 0 Å². The molecule has 3 N–H and O–H groups in total. The van der Waals surface area contributed by atoms with Gasteiger partial charge in [-0.1, -0.05) is 12.1 Å². The van der Waals surface area contributed by atoms with E-state index < -0.39 is 0 Å². The summed E-state index contributed by atoms with van der Waals surface area (Å²) in [6.07, 6.45) is 1.78. The molecular weight excluding hydrogens is 264 g/mol. The maximum Gasteiger partial charge on any atom is 0.300 e. The Bertz CT molecular complexity index is 945. The Kier molecular flexibility index (Phi) is 2.50. The lowest BCUT2D eigenvalue weighted by atomic mass is 10.2. The first-order valence-corrected chi connectivity index (χ1v) is 6.56. The van der Waals surface area contributed by atoms with Crippen LogP contribution >= 0.6 is 0 Å². The van der Waals surface area contributed by atoms with Crippen LogP contribution in [0.15, 0.2) is 59.1 Å². The van der Waals surface area contributed by atoms with Gasteiger partial charge in [0.05, 0.1) is 11.2 Å². The SMILES string of the molecule is Nc1cccc2oc(Nc3ccc4ncccc4c3)nc12. The van der Waals surface area contributed by atoms with E-state index in [-0.39, 0.29) is 0 Å². The molecule has 5 nitrogen and oxygen atoms in total. The molecule has 0 amide bonds. The number of anilines is 3. The predicted octanol–water partition coefficient (Wildman–Crippen LogP) is 3.70. The number of nitrogens with zero attached hydrogens (tertiary/aromatic N) is 2. The van der Waals surface area contributed by atoms with Crippen molar-refractivity contribution in [3.05, 3.63) is 54.7 Å². The first-order valence-electron chi connectivity index (χ1n) is 6.56. The standard InChI is InChI=1S/C16H12N4O/c17-12-4-1-5-14-15(12)20-16(21-14)19-11-6-7-13-10(9-11)3-2-8-18-13/h1-9H,17H2,(H,19,20). The van der Waals surface area contributed by atoms with Gasteiger partial charge in [0.1, 0.15) is 5.52 Å². The summed E-state index contributed by atoms with van der Waals surface area (Å²) in [6, 6.07) is 15.7. The van der Waals surface area contributed by atoms with E-state index in [1.165, 1.54) is 0 Å². The predicted molar refractivity (Wildman–Crippen MR) is 83.4 cm³/mol. The Labute approximate surface area is 120 Å². The average molecular weight is 276 g/mol. The van der Waals surface area contributed by atoms with Crippen molar-refractivity contribution in [2.45, 2.75) is 0 Å². The molecule has 21 heavy (non-hydrogen) atoms. The molecule has 0 fully saturated rings. The van der Waals surface area contributed by atoms with Crippen molar-refractivity contribution < 1.29 is 4.42 Å². The van der Waals surface area contributed by atoms with Crippen molar-refractivity contribution in [1.29, 1.82) is 0 Å². The Morgan fingerprint density at radius 2 is 2.00 bits per heavy atom. The molecule has 0 saturated carbocycles. The third kappa shape index (κ3) is 2.04. The van der Waals surface area contributed by atoms with Gasteiger partial charge in [-0.05, 0) is 36.4 Å². The number of rotatable bonds is 2. The molecule has 0 unspecified atom stereocenters. The second-order valence-electron chi connectivity index (χ2n) is 4.75. The number of nitrogens with two attached hydrogens (primary N) is 1. The van der Waals surface area contributed by atoms with Crippen LogP contribution in [-0.4, -0.2) is 9.97 Å².